The van der Waals surface area contributed by atoms with E-state index >= 15 is 0 Å². The minimum absolute atomic E-state index is 0.325. The van der Waals surface area contributed by atoms with E-state index in [9.17, 15) is 24.0 Å². The highest BCUT2D eigenvalue weighted by atomic mass is 16.8. The molecule has 0 saturated carbocycles. The summed E-state index contributed by atoms with van der Waals surface area (Å²) in [7, 11) is 0. The van der Waals surface area contributed by atoms with E-state index in [0.29, 0.717) is 12.8 Å². The highest BCUT2D eigenvalue weighted by Gasteiger charge is 2.55. The van der Waals surface area contributed by atoms with Crippen LogP contribution in [-0.4, -0.2) is 85.2 Å². The summed E-state index contributed by atoms with van der Waals surface area (Å²) in [6, 6.07) is 0. The second kappa shape index (κ2) is 13.9. The van der Waals surface area contributed by atoms with E-state index in [-0.39, 0.29) is 0 Å². The van der Waals surface area contributed by atoms with Gasteiger partial charge in [0.25, 0.3) is 0 Å². The number of ether oxygens (including phenoxy) is 8. The molecule has 0 N–H and O–H groups in total. The zero-order chi connectivity index (χ0) is 28.7. The van der Waals surface area contributed by atoms with Crippen LogP contribution in [0.1, 0.15) is 68.2 Å². The van der Waals surface area contributed by atoms with Gasteiger partial charge in [-0.05, 0) is 12.8 Å². The molecule has 0 aromatic rings. The lowest BCUT2D eigenvalue weighted by atomic mass is 9.90. The van der Waals surface area contributed by atoms with Crippen LogP contribution in [0, 0.1) is 5.92 Å². The standard InChI is InChI=1S/C25H38O13/c1-9-17-20(32-13(5)27)19(31-12(4)26)11(3)24(36-17)38-25-23(35-16(8)30)22(34-15(7)29)21(33-14(6)28)18(10-2)37-25/h11,17-25H,9-10H2,1-8H3/t11?,17?,18?,19-,20+,21+,22?,23?,24+,25+/m1/s1. The molecule has 0 bridgehead atoms. The Labute approximate surface area is 221 Å². The normalized spacial score (nSPS) is 34.9. The third-order valence-corrected chi connectivity index (χ3v) is 6.12. The number of carbonyl (C=O) groups excluding carboxylic acids is 5. The lowest BCUT2D eigenvalue weighted by molar-refractivity contribution is -0.367. The fraction of sp³-hybridized carbons (Fsp3) is 0.800. The number of hydrogen-bond donors (Lipinski definition) is 0. The first kappa shape index (κ1) is 31.4. The molecule has 0 aromatic carbocycles. The second-order valence-electron chi connectivity index (χ2n) is 9.27. The lowest BCUT2D eigenvalue weighted by Crippen LogP contribution is -2.64. The molecule has 2 fully saturated rings. The maximum absolute atomic E-state index is 12.0. The van der Waals surface area contributed by atoms with E-state index in [1.165, 1.54) is 27.7 Å². The zero-order valence-corrected chi connectivity index (χ0v) is 23.0. The topological polar surface area (TPSA) is 159 Å². The van der Waals surface area contributed by atoms with Gasteiger partial charge in [-0.2, -0.15) is 0 Å². The molecular weight excluding hydrogens is 508 g/mol. The molecule has 2 aliphatic heterocycles. The summed E-state index contributed by atoms with van der Waals surface area (Å²) in [5, 5.41) is 0. The SMILES string of the molecule is CCC1O[C@@H](O[C@@H]2OC(CC)[C@H](OC(C)=O)[C@H](OC(C)=O)C2C)C(OC(C)=O)C(OC(C)=O)[C@H]1OC(C)=O. The van der Waals surface area contributed by atoms with Gasteiger partial charge in [0.15, 0.2) is 30.7 Å². The van der Waals surface area contributed by atoms with Crippen molar-refractivity contribution >= 4 is 29.8 Å². The first-order chi connectivity index (χ1) is 17.8. The molecule has 10 atom stereocenters. The third-order valence-electron chi connectivity index (χ3n) is 6.12. The van der Waals surface area contributed by atoms with Crippen LogP contribution < -0.4 is 0 Å². The van der Waals surface area contributed by atoms with E-state index in [4.69, 9.17) is 37.9 Å². The van der Waals surface area contributed by atoms with Crippen molar-refractivity contribution in [2.24, 2.45) is 5.92 Å². The van der Waals surface area contributed by atoms with Crippen LogP contribution in [0.25, 0.3) is 0 Å². The largest absolute Gasteiger partial charge is 0.458 e. The van der Waals surface area contributed by atoms with Gasteiger partial charge in [-0.25, -0.2) is 0 Å². The average Bonchev–Trinajstić information content (AvgIpc) is 2.80. The molecular formula is C25H38O13. The fourth-order valence-corrected chi connectivity index (χ4v) is 4.65. The number of esters is 5. The minimum Gasteiger partial charge on any atom is -0.458 e. The van der Waals surface area contributed by atoms with Gasteiger partial charge in [-0.1, -0.05) is 20.8 Å². The highest BCUT2D eigenvalue weighted by Crippen LogP contribution is 2.37. The van der Waals surface area contributed by atoms with Crippen molar-refractivity contribution in [3.8, 4) is 0 Å². The van der Waals surface area contributed by atoms with Crippen molar-refractivity contribution in [3.05, 3.63) is 0 Å². The van der Waals surface area contributed by atoms with Crippen LogP contribution in [0.15, 0.2) is 0 Å². The summed E-state index contributed by atoms with van der Waals surface area (Å²) in [6.07, 6.45) is -8.68. The van der Waals surface area contributed by atoms with Crippen LogP contribution in [-0.2, 0) is 61.9 Å². The first-order valence-corrected chi connectivity index (χ1v) is 12.6. The summed E-state index contributed by atoms with van der Waals surface area (Å²) in [6.45, 7) is 11.2. The molecule has 216 valence electrons. The van der Waals surface area contributed by atoms with Crippen molar-refractivity contribution < 1.29 is 61.9 Å². The minimum atomic E-state index is -1.34. The molecule has 5 unspecified atom stereocenters. The number of hydrogen-bond acceptors (Lipinski definition) is 13. The highest BCUT2D eigenvalue weighted by molar-refractivity contribution is 5.69. The molecule has 0 spiro atoms. The van der Waals surface area contributed by atoms with Gasteiger partial charge in [-0.15, -0.1) is 0 Å². The van der Waals surface area contributed by atoms with Crippen molar-refractivity contribution in [3.63, 3.8) is 0 Å². The van der Waals surface area contributed by atoms with Gasteiger partial charge in [0.05, 0.1) is 0 Å². The molecule has 2 aliphatic rings. The molecule has 13 heteroatoms. The Balaban J connectivity index is 2.45. The molecule has 13 nitrogen and oxygen atoms in total. The fourth-order valence-electron chi connectivity index (χ4n) is 4.65. The van der Waals surface area contributed by atoms with E-state index in [1.54, 1.807) is 20.8 Å². The van der Waals surface area contributed by atoms with Gasteiger partial charge in [0.1, 0.15) is 18.3 Å². The molecule has 0 amide bonds. The summed E-state index contributed by atoms with van der Waals surface area (Å²) in [5.41, 5.74) is 0. The average molecular weight is 547 g/mol. The quantitative estimate of drug-likeness (QED) is 0.303. The van der Waals surface area contributed by atoms with Crippen LogP contribution in [0.4, 0.5) is 0 Å². The van der Waals surface area contributed by atoms with Crippen molar-refractivity contribution in [1.29, 1.82) is 0 Å². The molecule has 0 aromatic heterocycles. The predicted octanol–water partition coefficient (Wildman–Crippen LogP) is 1.57. The van der Waals surface area contributed by atoms with Gasteiger partial charge in [-0.3, -0.25) is 24.0 Å². The molecule has 0 aliphatic carbocycles. The smallest absolute Gasteiger partial charge is 0.303 e. The maximum Gasteiger partial charge on any atom is 0.303 e. The van der Waals surface area contributed by atoms with Crippen LogP contribution >= 0.6 is 0 Å². The summed E-state index contributed by atoms with van der Waals surface area (Å²) in [4.78, 5) is 59.5. The lowest BCUT2D eigenvalue weighted by Gasteiger charge is -2.48. The van der Waals surface area contributed by atoms with E-state index < -0.39 is 91.1 Å². The Bertz CT molecular complexity index is 873. The molecule has 2 rings (SSSR count). The Hall–Kier alpha value is -2.77. The molecule has 38 heavy (non-hydrogen) atoms. The second-order valence-corrected chi connectivity index (χ2v) is 9.27. The Morgan fingerprint density at radius 3 is 1.29 bits per heavy atom. The van der Waals surface area contributed by atoms with Crippen LogP contribution in [0.2, 0.25) is 0 Å². The van der Waals surface area contributed by atoms with Crippen molar-refractivity contribution in [2.45, 2.75) is 124 Å². The van der Waals surface area contributed by atoms with Crippen LogP contribution in [0.5, 0.6) is 0 Å². The van der Waals surface area contributed by atoms with Crippen molar-refractivity contribution in [1.82, 2.24) is 0 Å². The zero-order valence-electron chi connectivity index (χ0n) is 23.0. The predicted molar refractivity (Wildman–Crippen MR) is 126 cm³/mol. The number of carbonyl (C=O) groups is 5. The third kappa shape index (κ3) is 8.11. The van der Waals surface area contributed by atoms with Gasteiger partial charge in [0, 0.05) is 40.5 Å². The molecule has 2 heterocycles. The van der Waals surface area contributed by atoms with E-state index in [1.807, 2.05) is 0 Å². The Kier molecular flexibility index (Phi) is 11.5. The summed E-state index contributed by atoms with van der Waals surface area (Å²) < 4.78 is 45.6. The van der Waals surface area contributed by atoms with Gasteiger partial charge < -0.3 is 37.9 Å². The first-order valence-electron chi connectivity index (χ1n) is 12.6. The van der Waals surface area contributed by atoms with Gasteiger partial charge >= 0.3 is 29.8 Å². The summed E-state index contributed by atoms with van der Waals surface area (Å²) >= 11 is 0. The van der Waals surface area contributed by atoms with E-state index in [0.717, 1.165) is 6.92 Å². The van der Waals surface area contributed by atoms with Crippen LogP contribution in [0.3, 0.4) is 0 Å². The number of rotatable bonds is 9. The monoisotopic (exact) mass is 546 g/mol. The van der Waals surface area contributed by atoms with E-state index in [2.05, 4.69) is 0 Å². The maximum atomic E-state index is 12.0. The Morgan fingerprint density at radius 1 is 0.526 bits per heavy atom. The Morgan fingerprint density at radius 2 is 0.868 bits per heavy atom. The molecule has 2 saturated heterocycles. The molecule has 0 radical (unpaired) electrons. The summed E-state index contributed by atoms with van der Waals surface area (Å²) in [5.74, 6) is -3.91. The van der Waals surface area contributed by atoms with Gasteiger partial charge in [0.2, 0.25) is 6.29 Å². The van der Waals surface area contributed by atoms with Crippen molar-refractivity contribution in [2.75, 3.05) is 0 Å².